The summed E-state index contributed by atoms with van der Waals surface area (Å²) in [5, 5.41) is 0. The molecule has 0 unspecified atom stereocenters. The molecule has 0 bridgehead atoms. The topological polar surface area (TPSA) is 59.8 Å². The van der Waals surface area contributed by atoms with Crippen LogP contribution in [-0.4, -0.2) is 34.2 Å². The van der Waals surface area contributed by atoms with Gasteiger partial charge in [-0.3, -0.25) is 14.5 Å². The van der Waals surface area contributed by atoms with Crippen LogP contribution in [0.4, 0.5) is 0 Å². The molecule has 0 aliphatic carbocycles. The number of ether oxygens (including phenoxy) is 1. The first-order chi connectivity index (χ1) is 12.5. The van der Waals surface area contributed by atoms with Crippen LogP contribution in [-0.2, 0) is 14.3 Å². The van der Waals surface area contributed by atoms with E-state index in [1.807, 2.05) is 42.5 Å². The maximum Gasteiger partial charge on any atom is 0.302 e. The van der Waals surface area contributed by atoms with E-state index < -0.39 is 0 Å². The second kappa shape index (κ2) is 8.33. The van der Waals surface area contributed by atoms with E-state index in [1.54, 1.807) is 6.08 Å². The number of esters is 1. The van der Waals surface area contributed by atoms with E-state index in [0.717, 1.165) is 11.3 Å². The van der Waals surface area contributed by atoms with Gasteiger partial charge in [-0.1, -0.05) is 54.3 Å². The van der Waals surface area contributed by atoms with Crippen LogP contribution < -0.4 is 0 Å². The SMILES string of the molecule is CC(=O)OCCCN1C(=O)/C(=C/c2ccc(-c3ccccc3)o2)SC1=S. The number of benzene rings is 1. The summed E-state index contributed by atoms with van der Waals surface area (Å²) >= 11 is 6.53. The highest BCUT2D eigenvalue weighted by Gasteiger charge is 2.31. The number of carbonyl (C=O) groups is 2. The summed E-state index contributed by atoms with van der Waals surface area (Å²) in [6.07, 6.45) is 2.25. The third kappa shape index (κ3) is 4.42. The predicted octanol–water partition coefficient (Wildman–Crippen LogP) is 4.10. The van der Waals surface area contributed by atoms with Gasteiger partial charge in [0.05, 0.1) is 11.5 Å². The zero-order valence-electron chi connectivity index (χ0n) is 14.1. The van der Waals surface area contributed by atoms with Crippen molar-refractivity contribution in [2.24, 2.45) is 0 Å². The molecule has 0 N–H and O–H groups in total. The zero-order chi connectivity index (χ0) is 18.5. The van der Waals surface area contributed by atoms with Crippen molar-refractivity contribution in [3.8, 4) is 11.3 Å². The van der Waals surface area contributed by atoms with E-state index in [-0.39, 0.29) is 18.5 Å². The Hall–Kier alpha value is -2.38. The molecule has 1 aliphatic rings. The lowest BCUT2D eigenvalue weighted by atomic mass is 10.2. The number of thioether (sulfide) groups is 1. The highest BCUT2D eigenvalue weighted by atomic mass is 32.2. The van der Waals surface area contributed by atoms with Crippen LogP contribution in [0.2, 0.25) is 0 Å². The summed E-state index contributed by atoms with van der Waals surface area (Å²) < 4.78 is 11.2. The molecule has 5 nitrogen and oxygen atoms in total. The van der Waals surface area contributed by atoms with Gasteiger partial charge < -0.3 is 9.15 Å². The number of rotatable bonds is 6. The van der Waals surface area contributed by atoms with E-state index in [2.05, 4.69) is 0 Å². The molecule has 0 radical (unpaired) electrons. The number of amides is 1. The first kappa shape index (κ1) is 18.4. The summed E-state index contributed by atoms with van der Waals surface area (Å²) in [5.41, 5.74) is 0.977. The molecule has 26 heavy (non-hydrogen) atoms. The van der Waals surface area contributed by atoms with Crippen molar-refractivity contribution >= 4 is 46.3 Å². The standard InChI is InChI=1S/C19H17NO4S2/c1-13(21)23-11-5-10-20-18(22)17(26-19(20)25)12-15-8-9-16(24-15)14-6-3-2-4-7-14/h2-4,6-9,12H,5,10-11H2,1H3/b17-12-. The van der Waals surface area contributed by atoms with Gasteiger partial charge in [-0.15, -0.1) is 0 Å². The minimum atomic E-state index is -0.331. The lowest BCUT2D eigenvalue weighted by Gasteiger charge is -2.13. The fourth-order valence-corrected chi connectivity index (χ4v) is 3.74. The molecule has 1 aliphatic heterocycles. The van der Waals surface area contributed by atoms with Gasteiger partial charge >= 0.3 is 5.97 Å². The average molecular weight is 387 g/mol. The van der Waals surface area contributed by atoms with Gasteiger partial charge in [0.2, 0.25) is 0 Å². The second-order valence-electron chi connectivity index (χ2n) is 5.59. The smallest absolute Gasteiger partial charge is 0.302 e. The van der Waals surface area contributed by atoms with Crippen molar-refractivity contribution < 1.29 is 18.7 Å². The molecule has 1 aromatic carbocycles. The summed E-state index contributed by atoms with van der Waals surface area (Å²) in [6, 6.07) is 13.5. The molecule has 7 heteroatoms. The molecule has 134 valence electrons. The first-order valence-electron chi connectivity index (χ1n) is 8.08. The Morgan fingerprint density at radius 3 is 2.77 bits per heavy atom. The minimum Gasteiger partial charge on any atom is -0.466 e. The fourth-order valence-electron chi connectivity index (χ4n) is 2.45. The number of nitrogens with zero attached hydrogens (tertiary/aromatic N) is 1. The summed E-state index contributed by atoms with van der Waals surface area (Å²) in [6.45, 7) is 2.04. The van der Waals surface area contributed by atoms with Crippen molar-refractivity contribution in [3.05, 3.63) is 53.1 Å². The number of thiocarbonyl (C=S) groups is 1. The molecular weight excluding hydrogens is 370 g/mol. The number of hydrogen-bond donors (Lipinski definition) is 0. The molecule has 1 aromatic heterocycles. The Bertz CT molecular complexity index is 857. The highest BCUT2D eigenvalue weighted by Crippen LogP contribution is 2.33. The van der Waals surface area contributed by atoms with Crippen molar-refractivity contribution in [2.75, 3.05) is 13.2 Å². The average Bonchev–Trinajstić information content (AvgIpc) is 3.19. The normalized spacial score (nSPS) is 15.7. The van der Waals surface area contributed by atoms with Crippen molar-refractivity contribution in [1.29, 1.82) is 0 Å². The second-order valence-corrected chi connectivity index (χ2v) is 7.27. The van der Waals surface area contributed by atoms with Crippen LogP contribution in [0, 0.1) is 0 Å². The van der Waals surface area contributed by atoms with E-state index >= 15 is 0 Å². The Morgan fingerprint density at radius 1 is 1.27 bits per heavy atom. The van der Waals surface area contributed by atoms with Gasteiger partial charge in [0.25, 0.3) is 5.91 Å². The monoisotopic (exact) mass is 387 g/mol. The van der Waals surface area contributed by atoms with E-state index in [4.69, 9.17) is 21.4 Å². The van der Waals surface area contributed by atoms with Crippen LogP contribution in [0.15, 0.2) is 51.8 Å². The summed E-state index contributed by atoms with van der Waals surface area (Å²) in [5.74, 6) is 0.862. The van der Waals surface area contributed by atoms with Crippen molar-refractivity contribution in [2.45, 2.75) is 13.3 Å². The fraction of sp³-hybridized carbons (Fsp3) is 0.211. The molecule has 0 atom stereocenters. The maximum absolute atomic E-state index is 12.5. The third-order valence-corrected chi connectivity index (χ3v) is 5.04. The number of hydrogen-bond acceptors (Lipinski definition) is 6. The van der Waals surface area contributed by atoms with Gasteiger partial charge in [-0.25, -0.2) is 0 Å². The Kier molecular flexibility index (Phi) is 5.90. The van der Waals surface area contributed by atoms with E-state index in [1.165, 1.54) is 23.6 Å². The Balaban J connectivity index is 1.66. The maximum atomic E-state index is 12.5. The van der Waals surface area contributed by atoms with Crippen LogP contribution >= 0.6 is 24.0 Å². The van der Waals surface area contributed by atoms with Crippen molar-refractivity contribution in [1.82, 2.24) is 4.90 Å². The minimum absolute atomic E-state index is 0.152. The quantitative estimate of drug-likeness (QED) is 0.322. The Morgan fingerprint density at radius 2 is 2.04 bits per heavy atom. The van der Waals surface area contributed by atoms with Crippen LogP contribution in [0.1, 0.15) is 19.1 Å². The summed E-state index contributed by atoms with van der Waals surface area (Å²) in [4.78, 5) is 25.3. The number of furan rings is 1. The van der Waals surface area contributed by atoms with Gasteiger partial charge in [0.1, 0.15) is 15.8 Å². The van der Waals surface area contributed by atoms with E-state index in [0.29, 0.717) is 28.0 Å². The predicted molar refractivity (Wildman–Crippen MR) is 105 cm³/mol. The molecule has 0 spiro atoms. The number of carbonyl (C=O) groups excluding carboxylic acids is 2. The molecule has 0 saturated carbocycles. The van der Waals surface area contributed by atoms with Crippen LogP contribution in [0.3, 0.4) is 0 Å². The lowest BCUT2D eigenvalue weighted by Crippen LogP contribution is -2.29. The van der Waals surface area contributed by atoms with Crippen LogP contribution in [0.5, 0.6) is 0 Å². The molecule has 1 amide bonds. The molecule has 1 saturated heterocycles. The molecule has 1 fully saturated rings. The van der Waals surface area contributed by atoms with Gasteiger partial charge in [-0.2, -0.15) is 0 Å². The zero-order valence-corrected chi connectivity index (χ0v) is 15.8. The molecule has 2 heterocycles. The molecule has 2 aromatic rings. The van der Waals surface area contributed by atoms with Gasteiger partial charge in [0.15, 0.2) is 0 Å². The third-order valence-electron chi connectivity index (χ3n) is 3.66. The summed E-state index contributed by atoms with van der Waals surface area (Å²) in [7, 11) is 0. The van der Waals surface area contributed by atoms with Gasteiger partial charge in [-0.05, 0) is 18.6 Å². The largest absolute Gasteiger partial charge is 0.466 e. The van der Waals surface area contributed by atoms with Crippen molar-refractivity contribution in [3.63, 3.8) is 0 Å². The Labute approximate surface area is 161 Å². The first-order valence-corrected chi connectivity index (χ1v) is 9.31. The molecular formula is C19H17NO4S2. The molecule has 3 rings (SSSR count). The van der Waals surface area contributed by atoms with E-state index in [9.17, 15) is 9.59 Å². The lowest BCUT2D eigenvalue weighted by molar-refractivity contribution is -0.141. The van der Waals surface area contributed by atoms with Crippen LogP contribution in [0.25, 0.3) is 17.4 Å². The highest BCUT2D eigenvalue weighted by molar-refractivity contribution is 8.26. The van der Waals surface area contributed by atoms with Gasteiger partial charge in [0, 0.05) is 25.1 Å².